The summed E-state index contributed by atoms with van der Waals surface area (Å²) >= 11 is 0. The third-order valence-electron chi connectivity index (χ3n) is 5.36. The fourth-order valence-corrected chi connectivity index (χ4v) is 6.02. The highest BCUT2D eigenvalue weighted by molar-refractivity contribution is 7.89. The molecular formula is C17H22N2O5S. The molecule has 1 heterocycles. The van der Waals surface area contributed by atoms with E-state index >= 15 is 0 Å². The van der Waals surface area contributed by atoms with Gasteiger partial charge in [0, 0.05) is 11.6 Å². The zero-order valence-electron chi connectivity index (χ0n) is 14.0. The molecule has 25 heavy (non-hydrogen) atoms. The second kappa shape index (κ2) is 6.42. The number of hydrogen-bond donors (Lipinski definition) is 2. The van der Waals surface area contributed by atoms with Gasteiger partial charge in [0.05, 0.1) is 4.90 Å². The van der Waals surface area contributed by atoms with Crippen molar-refractivity contribution in [3.05, 3.63) is 29.3 Å². The Hall–Kier alpha value is -1.93. The van der Waals surface area contributed by atoms with Crippen LogP contribution < -0.4 is 5.73 Å². The number of aliphatic carboxylic acids is 1. The summed E-state index contributed by atoms with van der Waals surface area (Å²) in [4.78, 5) is 23.1. The molecule has 1 saturated carbocycles. The predicted octanol–water partition coefficient (Wildman–Crippen LogP) is 1.50. The summed E-state index contributed by atoms with van der Waals surface area (Å²) in [7, 11) is -4.03. The van der Waals surface area contributed by atoms with E-state index in [1.54, 1.807) is 6.92 Å². The van der Waals surface area contributed by atoms with Gasteiger partial charge in [0.25, 0.3) is 0 Å². The Balaban J connectivity index is 2.07. The number of nitrogens with two attached hydrogens (primary N) is 1. The summed E-state index contributed by atoms with van der Waals surface area (Å²) in [5.41, 5.74) is 6.03. The summed E-state index contributed by atoms with van der Waals surface area (Å²) in [6.45, 7) is 1.67. The number of aryl methyl sites for hydroxylation is 1. The van der Waals surface area contributed by atoms with E-state index in [2.05, 4.69) is 0 Å². The molecule has 7 nitrogen and oxygen atoms in total. The van der Waals surface area contributed by atoms with Gasteiger partial charge in [-0.05, 0) is 49.8 Å². The number of sulfonamides is 1. The van der Waals surface area contributed by atoms with E-state index in [4.69, 9.17) is 5.73 Å². The number of primary amides is 1. The number of benzene rings is 1. The number of hydrogen-bond acceptors (Lipinski definition) is 4. The Morgan fingerprint density at radius 1 is 1.24 bits per heavy atom. The van der Waals surface area contributed by atoms with Crippen molar-refractivity contribution in [3.8, 4) is 0 Å². The van der Waals surface area contributed by atoms with Gasteiger partial charge < -0.3 is 10.8 Å². The molecule has 136 valence electrons. The van der Waals surface area contributed by atoms with E-state index in [1.807, 2.05) is 0 Å². The summed E-state index contributed by atoms with van der Waals surface area (Å²) < 4.78 is 27.6. The first kappa shape index (κ1) is 17.9. The standard InChI is InChI=1S/C17H22N2O5S/c1-10-6-7-12(9-13(10)16(18)20)25(23,24)19-14-5-3-2-4-11(14)8-15(19)17(21)22/h6-7,9,11,14-15H,2-5,8H2,1H3,(H2,18,20)(H,21,22). The van der Waals surface area contributed by atoms with Crippen LogP contribution in [0.1, 0.15) is 48.0 Å². The number of carbonyl (C=O) groups is 2. The summed E-state index contributed by atoms with van der Waals surface area (Å²) in [5, 5.41) is 9.55. The smallest absolute Gasteiger partial charge is 0.322 e. The molecule has 1 amide bonds. The highest BCUT2D eigenvalue weighted by Crippen LogP contribution is 2.42. The maximum Gasteiger partial charge on any atom is 0.322 e. The largest absolute Gasteiger partial charge is 0.480 e. The molecule has 1 aromatic carbocycles. The van der Waals surface area contributed by atoms with E-state index in [9.17, 15) is 23.1 Å². The molecular weight excluding hydrogens is 344 g/mol. The molecule has 3 N–H and O–H groups in total. The van der Waals surface area contributed by atoms with Crippen LogP contribution in [-0.2, 0) is 14.8 Å². The van der Waals surface area contributed by atoms with Crippen molar-refractivity contribution in [2.24, 2.45) is 11.7 Å². The van der Waals surface area contributed by atoms with Gasteiger partial charge in [0.15, 0.2) is 0 Å². The van der Waals surface area contributed by atoms with E-state index in [1.165, 1.54) is 18.2 Å². The second-order valence-corrected chi connectivity index (χ2v) is 8.72. The quantitative estimate of drug-likeness (QED) is 0.837. The summed E-state index contributed by atoms with van der Waals surface area (Å²) in [5.74, 6) is -1.76. The van der Waals surface area contributed by atoms with Gasteiger partial charge in [-0.15, -0.1) is 0 Å². The number of nitrogens with zero attached hydrogens (tertiary/aromatic N) is 1. The van der Waals surface area contributed by atoms with Crippen molar-refractivity contribution in [3.63, 3.8) is 0 Å². The lowest BCUT2D eigenvalue weighted by molar-refractivity contribution is -0.141. The normalized spacial score (nSPS) is 27.0. The van der Waals surface area contributed by atoms with Gasteiger partial charge in [-0.1, -0.05) is 18.9 Å². The van der Waals surface area contributed by atoms with Crippen molar-refractivity contribution in [1.29, 1.82) is 0 Å². The molecule has 1 aliphatic heterocycles. The van der Waals surface area contributed by atoms with Crippen LogP contribution in [0.25, 0.3) is 0 Å². The first-order valence-corrected chi connectivity index (χ1v) is 9.84. The van der Waals surface area contributed by atoms with Crippen LogP contribution in [0, 0.1) is 12.8 Å². The average molecular weight is 366 g/mol. The average Bonchev–Trinajstić information content (AvgIpc) is 2.95. The Bertz CT molecular complexity index is 820. The zero-order valence-corrected chi connectivity index (χ0v) is 14.8. The van der Waals surface area contributed by atoms with Crippen LogP contribution in [0.15, 0.2) is 23.1 Å². The summed E-state index contributed by atoms with van der Waals surface area (Å²) in [6.07, 6.45) is 3.74. The molecule has 0 spiro atoms. The van der Waals surface area contributed by atoms with E-state index in [-0.39, 0.29) is 22.4 Å². The third-order valence-corrected chi connectivity index (χ3v) is 7.29. The third kappa shape index (κ3) is 3.04. The van der Waals surface area contributed by atoms with Crippen molar-refractivity contribution >= 4 is 21.9 Å². The first-order valence-electron chi connectivity index (χ1n) is 8.40. The number of rotatable bonds is 4. The summed E-state index contributed by atoms with van der Waals surface area (Å²) in [6, 6.07) is 2.83. The molecule has 3 atom stereocenters. The van der Waals surface area contributed by atoms with Gasteiger partial charge >= 0.3 is 5.97 Å². The Morgan fingerprint density at radius 3 is 2.56 bits per heavy atom. The Morgan fingerprint density at radius 2 is 1.92 bits per heavy atom. The molecule has 2 aliphatic rings. The fourth-order valence-electron chi connectivity index (χ4n) is 4.12. The molecule has 0 radical (unpaired) electrons. The Kier molecular flexibility index (Phi) is 4.59. The lowest BCUT2D eigenvalue weighted by atomic mass is 9.85. The van der Waals surface area contributed by atoms with Crippen LogP contribution >= 0.6 is 0 Å². The van der Waals surface area contributed by atoms with Crippen molar-refractivity contribution in [1.82, 2.24) is 4.31 Å². The van der Waals surface area contributed by atoms with Crippen LogP contribution in [0.5, 0.6) is 0 Å². The molecule has 1 aromatic rings. The molecule has 3 unspecified atom stereocenters. The van der Waals surface area contributed by atoms with Gasteiger partial charge in [0.2, 0.25) is 15.9 Å². The monoisotopic (exact) mass is 366 g/mol. The van der Waals surface area contributed by atoms with Crippen molar-refractivity contribution in [2.75, 3.05) is 0 Å². The van der Waals surface area contributed by atoms with Crippen molar-refractivity contribution in [2.45, 2.75) is 56.0 Å². The van der Waals surface area contributed by atoms with Gasteiger partial charge in [0.1, 0.15) is 6.04 Å². The Labute approximate surface area is 146 Å². The number of carboxylic acids is 1. The lowest BCUT2D eigenvalue weighted by Crippen LogP contribution is -2.46. The highest BCUT2D eigenvalue weighted by atomic mass is 32.2. The number of carboxylic acid groups (broad SMARTS) is 1. The molecule has 2 fully saturated rings. The fraction of sp³-hybridized carbons (Fsp3) is 0.529. The molecule has 1 saturated heterocycles. The van der Waals surface area contributed by atoms with Crippen LogP contribution in [-0.4, -0.2) is 41.8 Å². The molecule has 0 aromatic heterocycles. The van der Waals surface area contributed by atoms with Gasteiger partial charge in [-0.3, -0.25) is 9.59 Å². The maximum absolute atomic E-state index is 13.2. The molecule has 8 heteroatoms. The van der Waals surface area contributed by atoms with E-state index < -0.39 is 27.9 Å². The van der Waals surface area contributed by atoms with E-state index in [0.717, 1.165) is 23.6 Å². The van der Waals surface area contributed by atoms with Crippen LogP contribution in [0.3, 0.4) is 0 Å². The predicted molar refractivity (Wildman–Crippen MR) is 90.5 cm³/mol. The van der Waals surface area contributed by atoms with Crippen molar-refractivity contribution < 1.29 is 23.1 Å². The zero-order chi connectivity index (χ0) is 18.4. The maximum atomic E-state index is 13.2. The molecule has 1 aliphatic carbocycles. The number of fused-ring (bicyclic) bond motifs is 1. The SMILES string of the molecule is Cc1ccc(S(=O)(=O)N2C(C(=O)O)CC3CCCCC32)cc1C(N)=O. The lowest BCUT2D eigenvalue weighted by Gasteiger charge is -2.32. The second-order valence-electron chi connectivity index (χ2n) is 6.88. The minimum absolute atomic E-state index is 0.0747. The molecule has 0 bridgehead atoms. The van der Waals surface area contributed by atoms with Crippen LogP contribution in [0.4, 0.5) is 0 Å². The highest BCUT2D eigenvalue weighted by Gasteiger charge is 2.51. The van der Waals surface area contributed by atoms with Gasteiger partial charge in [-0.2, -0.15) is 4.31 Å². The number of carbonyl (C=O) groups excluding carboxylic acids is 1. The minimum Gasteiger partial charge on any atom is -0.480 e. The minimum atomic E-state index is -4.03. The number of amides is 1. The van der Waals surface area contributed by atoms with Gasteiger partial charge in [-0.25, -0.2) is 8.42 Å². The van der Waals surface area contributed by atoms with Crippen LogP contribution in [0.2, 0.25) is 0 Å². The van der Waals surface area contributed by atoms with E-state index in [0.29, 0.717) is 18.4 Å². The molecule has 3 rings (SSSR count). The first-order chi connectivity index (χ1) is 11.7. The topological polar surface area (TPSA) is 118 Å².